The Morgan fingerprint density at radius 1 is 1.20 bits per heavy atom. The lowest BCUT2D eigenvalue weighted by Gasteiger charge is -2.39. The van der Waals surface area contributed by atoms with Crippen molar-refractivity contribution in [3.05, 3.63) is 24.4 Å². The molecule has 4 rings (SSSR count). The smallest absolute Gasteiger partial charge is 0.427 e. The summed E-state index contributed by atoms with van der Waals surface area (Å²) in [5, 5.41) is 9.13. The van der Waals surface area contributed by atoms with E-state index in [9.17, 15) is 36.0 Å². The number of halogens is 3. The number of sulfonamides is 1. The maximum absolute atomic E-state index is 14.3. The lowest BCUT2D eigenvalue weighted by Crippen LogP contribution is -2.55. The van der Waals surface area contributed by atoms with Crippen molar-refractivity contribution >= 4 is 39.4 Å². The molecule has 18 heteroatoms. The van der Waals surface area contributed by atoms with E-state index in [1.165, 1.54) is 36.0 Å². The van der Waals surface area contributed by atoms with E-state index in [2.05, 4.69) is 25.2 Å². The molecule has 1 fully saturated rings. The number of aryl methyl sites for hydroxylation is 1. The molecule has 2 aromatic rings. The van der Waals surface area contributed by atoms with Crippen molar-refractivity contribution < 1.29 is 54.9 Å². The summed E-state index contributed by atoms with van der Waals surface area (Å²) in [6.07, 6.45) is -4.88. The Morgan fingerprint density at radius 3 is 2.45 bits per heavy atom. The first-order valence-electron chi connectivity index (χ1n) is 13.4. The highest BCUT2D eigenvalue weighted by molar-refractivity contribution is 7.93. The van der Waals surface area contributed by atoms with Crippen molar-refractivity contribution in [2.24, 2.45) is 0 Å². The molecule has 2 amide bonds. The third-order valence-corrected chi connectivity index (χ3v) is 8.84. The van der Waals surface area contributed by atoms with Gasteiger partial charge in [0.05, 0.1) is 24.9 Å². The van der Waals surface area contributed by atoms with Crippen LogP contribution in [0.1, 0.15) is 40.5 Å². The second-order valence-corrected chi connectivity index (χ2v) is 12.5. The van der Waals surface area contributed by atoms with Crippen LogP contribution in [0.4, 0.5) is 29.3 Å². The van der Waals surface area contributed by atoms with E-state index in [4.69, 9.17) is 9.47 Å². The molecule has 1 aromatic carbocycles. The van der Waals surface area contributed by atoms with Crippen molar-refractivity contribution in [2.45, 2.75) is 75.4 Å². The van der Waals surface area contributed by atoms with E-state index in [0.717, 1.165) is 11.4 Å². The standard InChI is InChI=1S/C26H32F3N5O9S/c1-6-33-12-19(22(32-33)41-14-21(36)40-5)44(38,39)34-13-20(25(9-10-25)31-15(2)35)42-18-8-7-16(11-17(18)34)30-23(37)43-24(3,4)26(27,28)29/h7-8,11-12,20H,6,9-10,13-14H2,1-5H3,(H,30,37)(H,31,35)/t20-/m1/s1. The topological polar surface area (TPSA) is 167 Å². The highest BCUT2D eigenvalue weighted by Crippen LogP contribution is 2.47. The first-order valence-corrected chi connectivity index (χ1v) is 14.8. The summed E-state index contributed by atoms with van der Waals surface area (Å²) >= 11 is 0. The number of amides is 2. The summed E-state index contributed by atoms with van der Waals surface area (Å²) in [6.45, 7) is 3.71. The third kappa shape index (κ3) is 6.63. The van der Waals surface area contributed by atoms with Crippen LogP contribution >= 0.6 is 0 Å². The number of fused-ring (bicyclic) bond motifs is 1. The van der Waals surface area contributed by atoms with Crippen molar-refractivity contribution in [3.63, 3.8) is 0 Å². The minimum absolute atomic E-state index is 0.0518. The van der Waals surface area contributed by atoms with E-state index >= 15 is 0 Å². The number of alkyl halides is 3. The number of aromatic nitrogens is 2. The molecule has 2 heterocycles. The van der Waals surface area contributed by atoms with Crippen LogP contribution in [-0.2, 0) is 35.6 Å². The summed E-state index contributed by atoms with van der Waals surface area (Å²) < 4.78 is 91.1. The van der Waals surface area contributed by atoms with Crippen molar-refractivity contribution in [2.75, 3.05) is 29.9 Å². The molecule has 0 saturated heterocycles. The number of esters is 1. The molecule has 0 radical (unpaired) electrons. The second-order valence-electron chi connectivity index (χ2n) is 10.7. The van der Waals surface area contributed by atoms with Crippen molar-refractivity contribution in [3.8, 4) is 11.6 Å². The number of nitrogens with zero attached hydrogens (tertiary/aromatic N) is 3. The summed E-state index contributed by atoms with van der Waals surface area (Å²) in [7, 11) is -3.42. The van der Waals surface area contributed by atoms with E-state index in [1.807, 2.05) is 0 Å². The Balaban J connectivity index is 1.74. The van der Waals surface area contributed by atoms with Crippen LogP contribution in [0.3, 0.4) is 0 Å². The second kappa shape index (κ2) is 11.7. The van der Waals surface area contributed by atoms with Crippen LogP contribution in [0.25, 0.3) is 0 Å². The maximum atomic E-state index is 14.3. The number of benzene rings is 1. The van der Waals surface area contributed by atoms with E-state index in [0.29, 0.717) is 26.7 Å². The highest BCUT2D eigenvalue weighted by atomic mass is 32.2. The van der Waals surface area contributed by atoms with E-state index in [1.54, 1.807) is 6.92 Å². The van der Waals surface area contributed by atoms with Gasteiger partial charge in [0.1, 0.15) is 11.9 Å². The van der Waals surface area contributed by atoms with Gasteiger partial charge in [0.25, 0.3) is 15.9 Å². The summed E-state index contributed by atoms with van der Waals surface area (Å²) in [4.78, 5) is 35.6. The number of nitrogens with one attached hydrogen (secondary N) is 2. The average Bonchev–Trinajstić information content (AvgIpc) is 3.57. The number of carbonyl (C=O) groups is 3. The summed E-state index contributed by atoms with van der Waals surface area (Å²) in [5.74, 6) is -1.44. The monoisotopic (exact) mass is 647 g/mol. The summed E-state index contributed by atoms with van der Waals surface area (Å²) in [5.41, 5.74) is -3.82. The van der Waals surface area contributed by atoms with Crippen LogP contribution in [0.15, 0.2) is 29.3 Å². The number of hydrogen-bond acceptors (Lipinski definition) is 10. The Labute approximate surface area is 250 Å². The molecule has 1 aliphatic carbocycles. The lowest BCUT2D eigenvalue weighted by atomic mass is 10.1. The molecule has 44 heavy (non-hydrogen) atoms. The molecule has 0 unspecified atom stereocenters. The highest BCUT2D eigenvalue weighted by Gasteiger charge is 2.55. The Morgan fingerprint density at radius 2 is 1.89 bits per heavy atom. The predicted octanol–water partition coefficient (Wildman–Crippen LogP) is 2.97. The number of rotatable bonds is 10. The molecule has 1 aromatic heterocycles. The van der Waals surface area contributed by atoms with Gasteiger partial charge in [-0.15, -0.1) is 5.10 Å². The zero-order chi connectivity index (χ0) is 32.7. The fraction of sp³-hybridized carbons (Fsp3) is 0.538. The molecule has 14 nitrogen and oxygen atoms in total. The number of anilines is 2. The fourth-order valence-electron chi connectivity index (χ4n) is 4.42. The molecule has 242 valence electrons. The Hall–Kier alpha value is -4.22. The fourth-order valence-corrected chi connectivity index (χ4v) is 5.97. The first kappa shape index (κ1) is 32.7. The number of carbonyl (C=O) groups excluding carboxylic acids is 3. The average molecular weight is 648 g/mol. The first-order chi connectivity index (χ1) is 20.4. The van der Waals surface area contributed by atoms with Crippen LogP contribution < -0.4 is 24.4 Å². The van der Waals surface area contributed by atoms with Gasteiger partial charge in [-0.3, -0.25) is 19.1 Å². The molecule has 1 aliphatic heterocycles. The Kier molecular flexibility index (Phi) is 8.69. The van der Waals surface area contributed by atoms with E-state index < -0.39 is 57.0 Å². The Bertz CT molecular complexity index is 1550. The maximum Gasteiger partial charge on any atom is 0.427 e. The van der Waals surface area contributed by atoms with Crippen LogP contribution in [0.2, 0.25) is 0 Å². The number of methoxy groups -OCH3 is 1. The normalized spacial score (nSPS) is 17.5. The van der Waals surface area contributed by atoms with Gasteiger partial charge in [0.2, 0.25) is 11.5 Å². The molecule has 2 aliphatic rings. The SMILES string of the molecule is CCn1cc(S(=O)(=O)N2C[C@H](C3(NC(C)=O)CC3)Oc3ccc(NC(=O)OC(C)(C)C(F)(F)F)cc32)c(OCC(=O)OC)n1. The molecular weight excluding hydrogens is 615 g/mol. The molecule has 0 bridgehead atoms. The third-order valence-electron chi connectivity index (χ3n) is 7.08. The van der Waals surface area contributed by atoms with Gasteiger partial charge in [0, 0.05) is 25.4 Å². The van der Waals surface area contributed by atoms with Gasteiger partial charge in [-0.05, 0) is 51.8 Å². The van der Waals surface area contributed by atoms with Gasteiger partial charge in [-0.25, -0.2) is 18.0 Å². The molecule has 1 saturated carbocycles. The van der Waals surface area contributed by atoms with Crippen LogP contribution in [0.5, 0.6) is 11.6 Å². The lowest BCUT2D eigenvalue weighted by molar-refractivity contribution is -0.242. The molecule has 2 N–H and O–H groups in total. The van der Waals surface area contributed by atoms with Crippen molar-refractivity contribution in [1.29, 1.82) is 0 Å². The zero-order valence-corrected chi connectivity index (χ0v) is 25.3. The van der Waals surface area contributed by atoms with Gasteiger partial charge in [0.15, 0.2) is 11.5 Å². The van der Waals surface area contributed by atoms with E-state index in [-0.39, 0.29) is 42.0 Å². The van der Waals surface area contributed by atoms with Gasteiger partial charge in [-0.2, -0.15) is 13.2 Å². The summed E-state index contributed by atoms with van der Waals surface area (Å²) in [6, 6.07) is 3.83. The minimum atomic E-state index is -4.85. The van der Waals surface area contributed by atoms with Crippen LogP contribution in [0, 0.1) is 0 Å². The zero-order valence-electron chi connectivity index (χ0n) is 24.5. The number of hydrogen-bond donors (Lipinski definition) is 2. The van der Waals surface area contributed by atoms with Crippen LogP contribution in [-0.4, -0.2) is 79.8 Å². The van der Waals surface area contributed by atoms with Crippen molar-refractivity contribution in [1.82, 2.24) is 15.1 Å². The van der Waals surface area contributed by atoms with Gasteiger partial charge in [-0.1, -0.05) is 0 Å². The number of ether oxygens (including phenoxy) is 4. The predicted molar refractivity (Wildman–Crippen MR) is 147 cm³/mol. The molecule has 0 spiro atoms. The minimum Gasteiger partial charge on any atom is -0.484 e. The van der Waals surface area contributed by atoms with Gasteiger partial charge < -0.3 is 24.3 Å². The molecule has 1 atom stereocenters. The molecular formula is C26H32F3N5O9S. The largest absolute Gasteiger partial charge is 0.484 e. The van der Waals surface area contributed by atoms with Gasteiger partial charge >= 0.3 is 18.2 Å². The quantitative estimate of drug-likeness (QED) is 0.366.